The first-order valence-electron chi connectivity index (χ1n) is 5.80. The summed E-state index contributed by atoms with van der Waals surface area (Å²) in [7, 11) is 0. The van der Waals surface area contributed by atoms with Crippen molar-refractivity contribution in [3.05, 3.63) is 46.3 Å². The molecule has 2 heterocycles. The molecule has 0 aliphatic carbocycles. The van der Waals surface area contributed by atoms with E-state index in [1.54, 1.807) is 0 Å². The van der Waals surface area contributed by atoms with Gasteiger partial charge in [-0.1, -0.05) is 11.6 Å². The van der Waals surface area contributed by atoms with Crippen LogP contribution in [-0.4, -0.2) is 4.98 Å². The van der Waals surface area contributed by atoms with E-state index < -0.39 is 0 Å². The Labute approximate surface area is 105 Å². The Hall–Kier alpha value is -1.54. The zero-order valence-electron chi connectivity index (χ0n) is 10.3. The van der Waals surface area contributed by atoms with Gasteiger partial charge in [-0.2, -0.15) is 0 Å². The van der Waals surface area contributed by atoms with Crippen molar-refractivity contribution in [1.29, 1.82) is 0 Å². The first-order valence-corrected chi connectivity index (χ1v) is 6.62. The van der Waals surface area contributed by atoms with Gasteiger partial charge in [-0.25, -0.2) is 0 Å². The molecule has 0 fully saturated rings. The quantitative estimate of drug-likeness (QED) is 0.628. The van der Waals surface area contributed by atoms with Gasteiger partial charge in [0.25, 0.3) is 0 Å². The molecule has 0 saturated heterocycles. The second-order valence-corrected chi connectivity index (χ2v) is 5.93. The lowest BCUT2D eigenvalue weighted by Crippen LogP contribution is -1.78. The molecule has 86 valence electrons. The van der Waals surface area contributed by atoms with Gasteiger partial charge in [-0.05, 0) is 50.6 Å². The Morgan fingerprint density at radius 2 is 1.82 bits per heavy atom. The van der Waals surface area contributed by atoms with Gasteiger partial charge in [0.05, 0.1) is 10.6 Å². The van der Waals surface area contributed by atoms with Crippen LogP contribution in [0.1, 0.15) is 16.0 Å². The molecule has 0 aliphatic heterocycles. The molecule has 0 unspecified atom stereocenters. The van der Waals surface area contributed by atoms with E-state index in [0.29, 0.717) is 0 Å². The highest BCUT2D eigenvalue weighted by Gasteiger charge is 2.07. The van der Waals surface area contributed by atoms with E-state index in [9.17, 15) is 0 Å². The fourth-order valence-corrected chi connectivity index (χ4v) is 3.16. The maximum atomic E-state index is 3.53. The zero-order valence-corrected chi connectivity index (χ0v) is 11.1. The number of aryl methyl sites for hydroxylation is 3. The smallest absolute Gasteiger partial charge is 0.0566 e. The Balaban J connectivity index is 2.23. The van der Waals surface area contributed by atoms with Crippen LogP contribution in [0.5, 0.6) is 0 Å². The molecule has 0 radical (unpaired) electrons. The second-order valence-electron chi connectivity index (χ2n) is 4.64. The van der Waals surface area contributed by atoms with Crippen LogP contribution < -0.4 is 0 Å². The molecule has 0 saturated carbocycles. The molecule has 2 aromatic heterocycles. The number of aromatic nitrogens is 1. The standard InChI is InChI=1S/C15H15NS/c1-9-6-10(2)15-12(7-9)8-13(16-15)14-5-4-11(3)17-14/h4-8,16H,1-3H3. The van der Waals surface area contributed by atoms with E-state index in [-0.39, 0.29) is 0 Å². The van der Waals surface area contributed by atoms with E-state index >= 15 is 0 Å². The third kappa shape index (κ3) is 1.79. The van der Waals surface area contributed by atoms with Crippen LogP contribution in [0, 0.1) is 20.8 Å². The van der Waals surface area contributed by atoms with Crippen molar-refractivity contribution in [3.8, 4) is 10.6 Å². The van der Waals surface area contributed by atoms with Crippen LogP contribution >= 0.6 is 11.3 Å². The summed E-state index contributed by atoms with van der Waals surface area (Å²) in [5.41, 5.74) is 5.13. The lowest BCUT2D eigenvalue weighted by Gasteiger charge is -1.97. The maximum Gasteiger partial charge on any atom is 0.0566 e. The molecule has 17 heavy (non-hydrogen) atoms. The highest BCUT2D eigenvalue weighted by atomic mass is 32.1. The number of thiophene rings is 1. The molecule has 0 aliphatic rings. The Morgan fingerprint density at radius 3 is 2.53 bits per heavy atom. The Kier molecular flexibility index (Phi) is 2.33. The largest absolute Gasteiger partial charge is 0.354 e. The number of hydrogen-bond donors (Lipinski definition) is 1. The van der Waals surface area contributed by atoms with Crippen molar-refractivity contribution in [2.75, 3.05) is 0 Å². The summed E-state index contributed by atoms with van der Waals surface area (Å²) in [5.74, 6) is 0. The molecule has 1 nitrogen and oxygen atoms in total. The van der Waals surface area contributed by atoms with Crippen LogP contribution in [0.3, 0.4) is 0 Å². The first-order chi connectivity index (χ1) is 8.13. The van der Waals surface area contributed by atoms with Crippen molar-refractivity contribution in [1.82, 2.24) is 4.98 Å². The summed E-state index contributed by atoms with van der Waals surface area (Å²) in [6.45, 7) is 6.45. The van der Waals surface area contributed by atoms with Crippen LogP contribution in [0.2, 0.25) is 0 Å². The molecule has 0 amide bonds. The number of aromatic amines is 1. The molecule has 3 rings (SSSR count). The summed E-state index contributed by atoms with van der Waals surface area (Å²) in [6.07, 6.45) is 0. The van der Waals surface area contributed by atoms with Crippen molar-refractivity contribution < 1.29 is 0 Å². The van der Waals surface area contributed by atoms with Gasteiger partial charge in [0.2, 0.25) is 0 Å². The molecule has 1 aromatic carbocycles. The molecular weight excluding hydrogens is 226 g/mol. The van der Waals surface area contributed by atoms with Crippen molar-refractivity contribution in [2.24, 2.45) is 0 Å². The van der Waals surface area contributed by atoms with E-state index in [1.807, 2.05) is 11.3 Å². The first kappa shape index (κ1) is 10.6. The number of benzene rings is 1. The molecule has 3 aromatic rings. The van der Waals surface area contributed by atoms with Crippen molar-refractivity contribution in [2.45, 2.75) is 20.8 Å². The minimum Gasteiger partial charge on any atom is -0.354 e. The molecule has 0 spiro atoms. The molecule has 0 atom stereocenters. The molecule has 1 N–H and O–H groups in total. The lowest BCUT2D eigenvalue weighted by atomic mass is 10.1. The highest BCUT2D eigenvalue weighted by molar-refractivity contribution is 7.15. The monoisotopic (exact) mass is 241 g/mol. The summed E-state index contributed by atoms with van der Waals surface area (Å²) < 4.78 is 0. The number of hydrogen-bond acceptors (Lipinski definition) is 1. The zero-order chi connectivity index (χ0) is 12.0. The predicted molar refractivity (Wildman–Crippen MR) is 75.8 cm³/mol. The summed E-state index contributed by atoms with van der Waals surface area (Å²) >= 11 is 1.83. The van der Waals surface area contributed by atoms with Gasteiger partial charge < -0.3 is 4.98 Å². The van der Waals surface area contributed by atoms with Gasteiger partial charge in [0.1, 0.15) is 0 Å². The Morgan fingerprint density at radius 1 is 1.00 bits per heavy atom. The lowest BCUT2D eigenvalue weighted by molar-refractivity contribution is 1.39. The molecule has 2 heteroatoms. The Bertz CT molecular complexity index is 688. The predicted octanol–water partition coefficient (Wildman–Crippen LogP) is 4.82. The van der Waals surface area contributed by atoms with Crippen molar-refractivity contribution >= 4 is 22.2 Å². The average molecular weight is 241 g/mol. The van der Waals surface area contributed by atoms with Gasteiger partial charge in [-0.15, -0.1) is 11.3 Å². The fraction of sp³-hybridized carbons (Fsp3) is 0.200. The average Bonchev–Trinajstić information content (AvgIpc) is 2.83. The summed E-state index contributed by atoms with van der Waals surface area (Å²) in [5, 5.41) is 1.31. The van der Waals surface area contributed by atoms with Gasteiger partial charge in [0, 0.05) is 15.8 Å². The minimum atomic E-state index is 1.23. The van der Waals surface area contributed by atoms with Crippen molar-refractivity contribution in [3.63, 3.8) is 0 Å². The number of fused-ring (bicyclic) bond motifs is 1. The fourth-order valence-electron chi connectivity index (χ4n) is 2.32. The summed E-state index contributed by atoms with van der Waals surface area (Å²) in [6, 6.07) is 11.1. The van der Waals surface area contributed by atoms with Gasteiger partial charge >= 0.3 is 0 Å². The normalized spacial score (nSPS) is 11.2. The van der Waals surface area contributed by atoms with Gasteiger partial charge in [-0.3, -0.25) is 0 Å². The maximum absolute atomic E-state index is 3.53. The summed E-state index contributed by atoms with van der Waals surface area (Å²) in [4.78, 5) is 6.20. The second kappa shape index (κ2) is 3.74. The van der Waals surface area contributed by atoms with E-state index in [4.69, 9.17) is 0 Å². The third-order valence-electron chi connectivity index (χ3n) is 3.08. The van der Waals surface area contributed by atoms with Crippen LogP contribution in [-0.2, 0) is 0 Å². The SMILES string of the molecule is Cc1cc(C)c2[nH]c(-c3ccc(C)s3)cc2c1. The topological polar surface area (TPSA) is 15.8 Å². The third-order valence-corrected chi connectivity index (χ3v) is 4.11. The van der Waals surface area contributed by atoms with E-state index in [1.165, 1.54) is 37.5 Å². The van der Waals surface area contributed by atoms with E-state index in [0.717, 1.165) is 0 Å². The van der Waals surface area contributed by atoms with Crippen LogP contribution in [0.15, 0.2) is 30.3 Å². The number of H-pyrrole nitrogens is 1. The molecular formula is C15H15NS. The number of nitrogens with one attached hydrogen (secondary N) is 1. The minimum absolute atomic E-state index is 1.23. The number of rotatable bonds is 1. The molecule has 0 bridgehead atoms. The van der Waals surface area contributed by atoms with Crippen LogP contribution in [0.25, 0.3) is 21.5 Å². The highest BCUT2D eigenvalue weighted by Crippen LogP contribution is 2.31. The van der Waals surface area contributed by atoms with Gasteiger partial charge in [0.15, 0.2) is 0 Å². The van der Waals surface area contributed by atoms with E-state index in [2.05, 4.69) is 56.1 Å². The van der Waals surface area contributed by atoms with Crippen LogP contribution in [0.4, 0.5) is 0 Å².